The summed E-state index contributed by atoms with van der Waals surface area (Å²) < 4.78 is 5.65. The van der Waals surface area contributed by atoms with Crippen molar-refractivity contribution in [2.45, 2.75) is 45.2 Å². The number of likely N-dealkylation sites (N-methyl/N-ethyl adjacent to an activating group) is 1. The smallest absolute Gasteiger partial charge is 0.144 e. The second-order valence-corrected chi connectivity index (χ2v) is 5.69. The minimum atomic E-state index is 0.502. The number of nitrogen functional groups attached to an aromatic ring is 1. The predicted octanol–water partition coefficient (Wildman–Crippen LogP) is 2.95. The average Bonchev–Trinajstić information content (AvgIpc) is 3.28. The first-order valence-electron chi connectivity index (χ1n) is 7.60. The molecule has 1 saturated carbocycles. The monoisotopic (exact) mass is 277 g/mol. The van der Waals surface area contributed by atoms with Gasteiger partial charge in [-0.1, -0.05) is 13.0 Å². The molecule has 4 nitrogen and oxygen atoms in total. The third-order valence-electron chi connectivity index (χ3n) is 3.93. The number of nitrogens with two attached hydrogens (primary N) is 1. The molecule has 1 fully saturated rings. The zero-order chi connectivity index (χ0) is 14.5. The molecular weight excluding hydrogens is 250 g/mol. The Hall–Kier alpha value is -1.42. The first kappa shape index (κ1) is 15.0. The van der Waals surface area contributed by atoms with Gasteiger partial charge in [-0.05, 0) is 45.4 Å². The van der Waals surface area contributed by atoms with Crippen LogP contribution in [0.4, 0.5) is 11.4 Å². The summed E-state index contributed by atoms with van der Waals surface area (Å²) in [6.45, 7) is 5.94. The van der Waals surface area contributed by atoms with Crippen LogP contribution in [0.5, 0.6) is 5.75 Å². The van der Waals surface area contributed by atoms with Crippen molar-refractivity contribution >= 4 is 11.4 Å². The molecule has 112 valence electrons. The number of nitrogens with zero attached hydrogens (tertiary/aromatic N) is 1. The minimum Gasteiger partial charge on any atom is -0.491 e. The maximum absolute atomic E-state index is 6.16. The molecule has 0 spiro atoms. The van der Waals surface area contributed by atoms with Crippen LogP contribution in [0, 0.1) is 0 Å². The summed E-state index contributed by atoms with van der Waals surface area (Å²) in [4.78, 5) is 2.45. The Balaban J connectivity index is 1.91. The fourth-order valence-electron chi connectivity index (χ4n) is 2.28. The Morgan fingerprint density at radius 2 is 2.20 bits per heavy atom. The lowest BCUT2D eigenvalue weighted by Crippen LogP contribution is -2.36. The van der Waals surface area contributed by atoms with Gasteiger partial charge in [-0.15, -0.1) is 0 Å². The molecule has 1 aliphatic rings. The van der Waals surface area contributed by atoms with Crippen molar-refractivity contribution < 1.29 is 4.74 Å². The van der Waals surface area contributed by atoms with Gasteiger partial charge in [-0.2, -0.15) is 0 Å². The van der Waals surface area contributed by atoms with E-state index in [0.29, 0.717) is 18.3 Å². The second-order valence-electron chi connectivity index (χ2n) is 5.69. The second kappa shape index (κ2) is 6.84. The average molecular weight is 277 g/mol. The normalized spacial score (nSPS) is 16.2. The fraction of sp³-hybridized carbons (Fsp3) is 0.625. The Morgan fingerprint density at radius 1 is 1.45 bits per heavy atom. The van der Waals surface area contributed by atoms with E-state index in [4.69, 9.17) is 10.5 Å². The lowest BCUT2D eigenvalue weighted by Gasteiger charge is -2.25. The molecule has 1 aromatic rings. The van der Waals surface area contributed by atoms with Crippen molar-refractivity contribution in [2.24, 2.45) is 0 Å². The highest BCUT2D eigenvalue weighted by atomic mass is 16.5. The van der Waals surface area contributed by atoms with E-state index in [1.165, 1.54) is 12.8 Å². The van der Waals surface area contributed by atoms with Gasteiger partial charge in [0.2, 0.25) is 0 Å². The largest absolute Gasteiger partial charge is 0.491 e. The third kappa shape index (κ3) is 3.79. The number of rotatable bonds is 8. The molecular formula is C16H27N3O. The molecule has 1 aliphatic carbocycles. The molecule has 1 aromatic carbocycles. The van der Waals surface area contributed by atoms with Gasteiger partial charge in [0.1, 0.15) is 5.75 Å². The molecule has 1 unspecified atom stereocenters. The maximum Gasteiger partial charge on any atom is 0.144 e. The molecule has 0 amide bonds. The van der Waals surface area contributed by atoms with Crippen LogP contribution in [0.15, 0.2) is 18.2 Å². The zero-order valence-electron chi connectivity index (χ0n) is 12.9. The van der Waals surface area contributed by atoms with Crippen LogP contribution in [0.3, 0.4) is 0 Å². The Bertz CT molecular complexity index is 432. The Kier molecular flexibility index (Phi) is 5.12. The van der Waals surface area contributed by atoms with Gasteiger partial charge in [0.25, 0.3) is 0 Å². The van der Waals surface area contributed by atoms with Crippen LogP contribution in [0.1, 0.15) is 33.1 Å². The minimum absolute atomic E-state index is 0.502. The molecule has 0 aliphatic heterocycles. The summed E-state index contributed by atoms with van der Waals surface area (Å²) in [5, 5.41) is 3.45. The standard InChI is InChI=1S/C16H27N3O/c1-4-10-20-15-7-5-6-14(16(15)17)18-11-12(2)19(3)13-8-9-13/h5-7,12-13,18H,4,8-11,17H2,1-3H3. The van der Waals surface area contributed by atoms with Gasteiger partial charge < -0.3 is 15.8 Å². The molecule has 0 saturated heterocycles. The van der Waals surface area contributed by atoms with Crippen LogP contribution in [-0.4, -0.2) is 37.2 Å². The van der Waals surface area contributed by atoms with Crippen LogP contribution < -0.4 is 15.8 Å². The molecule has 0 aromatic heterocycles. The highest BCUT2D eigenvalue weighted by Gasteiger charge is 2.28. The fourth-order valence-corrected chi connectivity index (χ4v) is 2.28. The molecule has 0 radical (unpaired) electrons. The summed E-state index contributed by atoms with van der Waals surface area (Å²) >= 11 is 0. The first-order chi connectivity index (χ1) is 9.63. The first-order valence-corrected chi connectivity index (χ1v) is 7.60. The third-order valence-corrected chi connectivity index (χ3v) is 3.93. The Morgan fingerprint density at radius 3 is 2.85 bits per heavy atom. The molecule has 4 heteroatoms. The van der Waals surface area contributed by atoms with Crippen LogP contribution in [0.25, 0.3) is 0 Å². The number of ether oxygens (including phenoxy) is 1. The number of anilines is 2. The summed E-state index contributed by atoms with van der Waals surface area (Å²) in [6, 6.07) is 7.21. The van der Waals surface area contributed by atoms with Gasteiger partial charge in [0.15, 0.2) is 0 Å². The van der Waals surface area contributed by atoms with E-state index < -0.39 is 0 Å². The number of hydrogen-bond acceptors (Lipinski definition) is 4. The molecule has 3 N–H and O–H groups in total. The van der Waals surface area contributed by atoms with Crippen molar-refractivity contribution in [3.63, 3.8) is 0 Å². The van der Waals surface area contributed by atoms with E-state index in [-0.39, 0.29) is 0 Å². The van der Waals surface area contributed by atoms with Gasteiger partial charge in [0, 0.05) is 18.6 Å². The van der Waals surface area contributed by atoms with Crippen molar-refractivity contribution in [3.8, 4) is 5.75 Å². The number of benzene rings is 1. The van der Waals surface area contributed by atoms with Gasteiger partial charge >= 0.3 is 0 Å². The summed E-state index contributed by atoms with van der Waals surface area (Å²) in [7, 11) is 2.20. The van der Waals surface area contributed by atoms with Crippen molar-refractivity contribution in [1.29, 1.82) is 0 Å². The van der Waals surface area contributed by atoms with Crippen molar-refractivity contribution in [3.05, 3.63) is 18.2 Å². The number of para-hydroxylation sites is 1. The predicted molar refractivity (Wildman–Crippen MR) is 85.4 cm³/mol. The van der Waals surface area contributed by atoms with Crippen molar-refractivity contribution in [1.82, 2.24) is 4.90 Å². The summed E-state index contributed by atoms with van der Waals surface area (Å²) in [6.07, 6.45) is 3.66. The summed E-state index contributed by atoms with van der Waals surface area (Å²) in [5.41, 5.74) is 7.84. The zero-order valence-corrected chi connectivity index (χ0v) is 12.9. The maximum atomic E-state index is 6.16. The van der Waals surface area contributed by atoms with E-state index in [2.05, 4.69) is 31.1 Å². The molecule has 2 rings (SSSR count). The lowest BCUT2D eigenvalue weighted by molar-refractivity contribution is 0.257. The van der Waals surface area contributed by atoms with Gasteiger partial charge in [0.05, 0.1) is 18.0 Å². The molecule has 0 heterocycles. The molecule has 20 heavy (non-hydrogen) atoms. The quantitative estimate of drug-likeness (QED) is 0.717. The van der Waals surface area contributed by atoms with E-state index in [0.717, 1.165) is 30.4 Å². The summed E-state index contributed by atoms with van der Waals surface area (Å²) in [5.74, 6) is 0.778. The topological polar surface area (TPSA) is 50.5 Å². The van der Waals surface area contributed by atoms with Gasteiger partial charge in [-0.3, -0.25) is 4.90 Å². The van der Waals surface area contributed by atoms with Crippen LogP contribution >= 0.6 is 0 Å². The van der Waals surface area contributed by atoms with E-state index in [9.17, 15) is 0 Å². The van der Waals surface area contributed by atoms with E-state index >= 15 is 0 Å². The number of hydrogen-bond donors (Lipinski definition) is 2. The molecule has 1 atom stereocenters. The van der Waals surface area contributed by atoms with Crippen LogP contribution in [-0.2, 0) is 0 Å². The highest BCUT2D eigenvalue weighted by molar-refractivity contribution is 5.72. The van der Waals surface area contributed by atoms with E-state index in [1.54, 1.807) is 0 Å². The molecule has 0 bridgehead atoms. The van der Waals surface area contributed by atoms with Gasteiger partial charge in [-0.25, -0.2) is 0 Å². The number of nitrogens with one attached hydrogen (secondary N) is 1. The van der Waals surface area contributed by atoms with Crippen molar-refractivity contribution in [2.75, 3.05) is 31.2 Å². The Labute approximate surface area is 122 Å². The highest BCUT2D eigenvalue weighted by Crippen LogP contribution is 2.30. The van der Waals surface area contributed by atoms with E-state index in [1.807, 2.05) is 18.2 Å². The lowest BCUT2D eigenvalue weighted by atomic mass is 10.2. The van der Waals surface area contributed by atoms with Crippen LogP contribution in [0.2, 0.25) is 0 Å². The SMILES string of the molecule is CCCOc1cccc(NCC(C)N(C)C2CC2)c1N.